The van der Waals surface area contributed by atoms with Crippen LogP contribution in [0.25, 0.3) is 10.1 Å². The number of halogens is 1. The molecule has 0 radical (unpaired) electrons. The molecule has 0 aliphatic rings. The van der Waals surface area contributed by atoms with Gasteiger partial charge in [-0.15, -0.1) is 11.3 Å². The minimum absolute atomic E-state index is 0.327. The van der Waals surface area contributed by atoms with E-state index in [1.807, 2.05) is 26.2 Å². The Morgan fingerprint density at radius 1 is 1.44 bits per heavy atom. The second-order valence-electron chi connectivity index (χ2n) is 3.59. The van der Waals surface area contributed by atoms with E-state index < -0.39 is 5.97 Å². The molecule has 1 N–H and O–H groups in total. The van der Waals surface area contributed by atoms with E-state index in [2.05, 4.69) is 0 Å². The Labute approximate surface area is 102 Å². The molecule has 2 aromatic rings. The summed E-state index contributed by atoms with van der Waals surface area (Å²) >= 11 is 7.36. The first-order valence-corrected chi connectivity index (χ1v) is 5.83. The monoisotopic (exact) mass is 255 g/mol. The van der Waals surface area contributed by atoms with Gasteiger partial charge in [-0.3, -0.25) is 0 Å². The molecule has 3 nitrogen and oxygen atoms in total. The van der Waals surface area contributed by atoms with Crippen LogP contribution in [0.5, 0.6) is 0 Å². The van der Waals surface area contributed by atoms with Crippen LogP contribution in [0.2, 0.25) is 5.02 Å². The molecule has 0 amide bonds. The van der Waals surface area contributed by atoms with Crippen LogP contribution in [0.3, 0.4) is 0 Å². The van der Waals surface area contributed by atoms with E-state index in [1.54, 1.807) is 11.0 Å². The van der Waals surface area contributed by atoms with Gasteiger partial charge in [-0.2, -0.15) is 0 Å². The Kier molecular flexibility index (Phi) is 2.78. The maximum absolute atomic E-state index is 11.1. The number of carboxylic acids is 1. The standard InChI is InChI=1S/C11H10ClNO2S/c1-13(2)9-8-6(12)4-3-5-7(8)16-10(9)11(14)15/h3-5H,1-2H3,(H,14,15). The number of nitrogens with zero attached hydrogens (tertiary/aromatic N) is 1. The Bertz CT molecular complexity index is 562. The molecule has 0 spiro atoms. The summed E-state index contributed by atoms with van der Waals surface area (Å²) in [5.41, 5.74) is 0.679. The second kappa shape index (κ2) is 3.96. The minimum atomic E-state index is -0.916. The third-order valence-corrected chi connectivity index (χ3v) is 3.73. The van der Waals surface area contributed by atoms with E-state index in [0.717, 1.165) is 10.1 Å². The fourth-order valence-corrected chi connectivity index (χ4v) is 3.13. The lowest BCUT2D eigenvalue weighted by atomic mass is 10.2. The summed E-state index contributed by atoms with van der Waals surface area (Å²) in [5, 5.41) is 10.6. The van der Waals surface area contributed by atoms with Gasteiger partial charge in [0.2, 0.25) is 0 Å². The average Bonchev–Trinajstić information content (AvgIpc) is 2.58. The Balaban J connectivity index is 2.88. The number of benzene rings is 1. The Morgan fingerprint density at radius 2 is 2.12 bits per heavy atom. The van der Waals surface area contributed by atoms with Crippen molar-refractivity contribution in [1.29, 1.82) is 0 Å². The SMILES string of the molecule is CN(C)c1c(C(=O)O)sc2cccc(Cl)c12. The van der Waals surface area contributed by atoms with E-state index >= 15 is 0 Å². The number of hydrogen-bond donors (Lipinski definition) is 1. The van der Waals surface area contributed by atoms with Gasteiger partial charge in [-0.25, -0.2) is 4.79 Å². The van der Waals surface area contributed by atoms with Crippen LogP contribution in [0.4, 0.5) is 5.69 Å². The Morgan fingerprint density at radius 3 is 2.69 bits per heavy atom. The van der Waals surface area contributed by atoms with Gasteiger partial charge in [0.15, 0.2) is 0 Å². The van der Waals surface area contributed by atoms with Crippen LogP contribution in [0.1, 0.15) is 9.67 Å². The zero-order valence-electron chi connectivity index (χ0n) is 8.82. The lowest BCUT2D eigenvalue weighted by Crippen LogP contribution is -2.11. The van der Waals surface area contributed by atoms with Crippen molar-refractivity contribution in [3.8, 4) is 0 Å². The highest BCUT2D eigenvalue weighted by Gasteiger charge is 2.20. The van der Waals surface area contributed by atoms with E-state index in [-0.39, 0.29) is 0 Å². The maximum atomic E-state index is 11.1. The average molecular weight is 256 g/mol. The van der Waals surface area contributed by atoms with Crippen molar-refractivity contribution in [3.05, 3.63) is 28.1 Å². The van der Waals surface area contributed by atoms with E-state index in [1.165, 1.54) is 11.3 Å². The second-order valence-corrected chi connectivity index (χ2v) is 5.05. The summed E-state index contributed by atoms with van der Waals surface area (Å²) < 4.78 is 0.897. The molecular formula is C11H10ClNO2S. The summed E-state index contributed by atoms with van der Waals surface area (Å²) in [7, 11) is 3.63. The highest BCUT2D eigenvalue weighted by Crippen LogP contribution is 2.41. The van der Waals surface area contributed by atoms with Crippen molar-refractivity contribution in [2.24, 2.45) is 0 Å². The van der Waals surface area contributed by atoms with Gasteiger partial charge in [-0.1, -0.05) is 17.7 Å². The number of fused-ring (bicyclic) bond motifs is 1. The highest BCUT2D eigenvalue weighted by molar-refractivity contribution is 7.21. The van der Waals surface area contributed by atoms with Crippen molar-refractivity contribution in [1.82, 2.24) is 0 Å². The summed E-state index contributed by atoms with van der Waals surface area (Å²) in [4.78, 5) is 13.3. The number of aromatic carboxylic acids is 1. The molecule has 0 unspecified atom stereocenters. The minimum Gasteiger partial charge on any atom is -0.477 e. The predicted octanol–water partition coefficient (Wildman–Crippen LogP) is 3.32. The summed E-state index contributed by atoms with van der Waals surface area (Å²) in [5.74, 6) is -0.916. The van der Waals surface area contributed by atoms with Crippen LogP contribution < -0.4 is 4.90 Å². The normalized spacial score (nSPS) is 10.7. The molecule has 0 aliphatic heterocycles. The van der Waals surface area contributed by atoms with Crippen LogP contribution in [0, 0.1) is 0 Å². The largest absolute Gasteiger partial charge is 0.477 e. The molecule has 0 aliphatic carbocycles. The molecule has 16 heavy (non-hydrogen) atoms. The number of rotatable bonds is 2. The summed E-state index contributed by atoms with van der Waals surface area (Å²) in [6.45, 7) is 0. The molecule has 1 aromatic heterocycles. The van der Waals surface area contributed by atoms with Crippen LogP contribution in [-0.2, 0) is 0 Å². The van der Waals surface area contributed by atoms with E-state index in [9.17, 15) is 4.79 Å². The van der Waals surface area contributed by atoms with Gasteiger partial charge in [0.25, 0.3) is 0 Å². The van der Waals surface area contributed by atoms with Gasteiger partial charge in [0.1, 0.15) is 4.88 Å². The number of thiophene rings is 1. The lowest BCUT2D eigenvalue weighted by molar-refractivity contribution is 0.0703. The predicted molar refractivity (Wildman–Crippen MR) is 68.1 cm³/mol. The zero-order chi connectivity index (χ0) is 11.9. The quantitative estimate of drug-likeness (QED) is 0.895. The summed E-state index contributed by atoms with van der Waals surface area (Å²) in [6, 6.07) is 5.48. The zero-order valence-corrected chi connectivity index (χ0v) is 10.4. The first kappa shape index (κ1) is 11.2. The fourth-order valence-electron chi connectivity index (χ4n) is 1.66. The van der Waals surface area contributed by atoms with Gasteiger partial charge in [0.05, 0.1) is 10.7 Å². The molecule has 1 aromatic carbocycles. The first-order chi connectivity index (χ1) is 7.52. The lowest BCUT2D eigenvalue weighted by Gasteiger charge is -2.13. The maximum Gasteiger partial charge on any atom is 0.348 e. The molecule has 0 bridgehead atoms. The van der Waals surface area contributed by atoms with Crippen molar-refractivity contribution in [3.63, 3.8) is 0 Å². The van der Waals surface area contributed by atoms with E-state index in [4.69, 9.17) is 16.7 Å². The molecule has 1 heterocycles. The molecule has 5 heteroatoms. The molecule has 84 valence electrons. The smallest absolute Gasteiger partial charge is 0.348 e. The van der Waals surface area contributed by atoms with Crippen molar-refractivity contribution in [2.45, 2.75) is 0 Å². The van der Waals surface area contributed by atoms with Crippen molar-refractivity contribution in [2.75, 3.05) is 19.0 Å². The van der Waals surface area contributed by atoms with Gasteiger partial charge >= 0.3 is 5.97 Å². The molecule has 0 atom stereocenters. The number of carboxylic acid groups (broad SMARTS) is 1. The molecule has 0 fully saturated rings. The highest BCUT2D eigenvalue weighted by atomic mass is 35.5. The fraction of sp³-hybridized carbons (Fsp3) is 0.182. The van der Waals surface area contributed by atoms with Crippen LogP contribution >= 0.6 is 22.9 Å². The third kappa shape index (κ3) is 1.64. The van der Waals surface area contributed by atoms with Gasteiger partial charge in [0, 0.05) is 24.2 Å². The van der Waals surface area contributed by atoms with E-state index in [0.29, 0.717) is 15.6 Å². The number of carbonyl (C=O) groups is 1. The first-order valence-electron chi connectivity index (χ1n) is 4.64. The topological polar surface area (TPSA) is 40.5 Å². The molecule has 2 rings (SSSR count). The van der Waals surface area contributed by atoms with Crippen molar-refractivity contribution < 1.29 is 9.90 Å². The summed E-state index contributed by atoms with van der Waals surface area (Å²) in [6.07, 6.45) is 0. The Hall–Kier alpha value is -1.26. The van der Waals surface area contributed by atoms with Crippen LogP contribution in [0.15, 0.2) is 18.2 Å². The molecule has 0 saturated carbocycles. The van der Waals surface area contributed by atoms with Gasteiger partial charge in [-0.05, 0) is 12.1 Å². The third-order valence-electron chi connectivity index (χ3n) is 2.28. The van der Waals surface area contributed by atoms with Gasteiger partial charge < -0.3 is 10.0 Å². The number of hydrogen-bond acceptors (Lipinski definition) is 3. The van der Waals surface area contributed by atoms with Crippen molar-refractivity contribution >= 4 is 44.7 Å². The molecular weight excluding hydrogens is 246 g/mol. The number of anilines is 1. The molecule has 0 saturated heterocycles. The van der Waals surface area contributed by atoms with Crippen LogP contribution in [-0.4, -0.2) is 25.2 Å².